The maximum absolute atomic E-state index is 13.2. The predicted molar refractivity (Wildman–Crippen MR) is 132 cm³/mol. The van der Waals surface area contributed by atoms with Gasteiger partial charge >= 0.3 is 5.97 Å². The molecule has 9 heteroatoms. The molecule has 3 aromatic carbocycles. The lowest BCUT2D eigenvalue weighted by molar-refractivity contribution is 0.0594. The second kappa shape index (κ2) is 10.4. The van der Waals surface area contributed by atoms with Gasteiger partial charge in [0.05, 0.1) is 53.8 Å². The number of ether oxygens (including phenoxy) is 6. The summed E-state index contributed by atoms with van der Waals surface area (Å²) < 4.78 is 32.6. The number of hydrogen-bond donors (Lipinski definition) is 0. The van der Waals surface area contributed by atoms with Gasteiger partial charge in [-0.3, -0.25) is 4.79 Å². The van der Waals surface area contributed by atoms with Crippen molar-refractivity contribution in [1.82, 2.24) is 4.90 Å². The zero-order valence-electron chi connectivity index (χ0n) is 21.1. The molecule has 9 nitrogen and oxygen atoms in total. The summed E-state index contributed by atoms with van der Waals surface area (Å²) in [5.41, 5.74) is 1.26. The van der Waals surface area contributed by atoms with Crippen LogP contribution in [0.25, 0.3) is 21.9 Å². The van der Waals surface area contributed by atoms with Gasteiger partial charge in [-0.2, -0.15) is 0 Å². The molecule has 0 spiro atoms. The van der Waals surface area contributed by atoms with Crippen molar-refractivity contribution in [3.05, 3.63) is 41.5 Å². The number of carbonyl (C=O) groups is 2. The van der Waals surface area contributed by atoms with Gasteiger partial charge in [-0.15, -0.1) is 0 Å². The summed E-state index contributed by atoms with van der Waals surface area (Å²) >= 11 is 0. The van der Waals surface area contributed by atoms with Crippen LogP contribution in [0.2, 0.25) is 0 Å². The second-order valence-corrected chi connectivity index (χ2v) is 7.71. The van der Waals surface area contributed by atoms with Crippen molar-refractivity contribution < 1.29 is 38.0 Å². The van der Waals surface area contributed by atoms with Crippen LogP contribution in [0.3, 0.4) is 0 Å². The molecule has 0 atom stereocenters. The first-order chi connectivity index (χ1) is 16.8. The van der Waals surface area contributed by atoms with Crippen molar-refractivity contribution in [3.8, 4) is 39.9 Å². The first kappa shape index (κ1) is 25.5. The van der Waals surface area contributed by atoms with E-state index in [0.29, 0.717) is 50.6 Å². The van der Waals surface area contributed by atoms with Gasteiger partial charge < -0.3 is 33.3 Å². The maximum atomic E-state index is 13.2. The van der Waals surface area contributed by atoms with Crippen LogP contribution < -0.4 is 23.7 Å². The third-order valence-electron chi connectivity index (χ3n) is 5.62. The van der Waals surface area contributed by atoms with Gasteiger partial charge in [0, 0.05) is 19.7 Å². The van der Waals surface area contributed by atoms with E-state index in [4.69, 9.17) is 28.4 Å². The monoisotopic (exact) mass is 483 g/mol. The molecule has 0 bridgehead atoms. The standard InChI is InChI=1S/C26H29NO8/c1-27(2)25(28)17-9-14-10-18(30-3)19(31-4)13-16(14)22(23(17)26(29)35-8)15-11-20(32-5)24(34-7)21(12-15)33-6/h9-13H,1-8H3. The van der Waals surface area contributed by atoms with E-state index >= 15 is 0 Å². The third kappa shape index (κ3) is 4.49. The smallest absolute Gasteiger partial charge is 0.339 e. The Kier molecular flexibility index (Phi) is 7.58. The molecule has 0 radical (unpaired) electrons. The molecule has 0 saturated heterocycles. The quantitative estimate of drug-likeness (QED) is 0.444. The highest BCUT2D eigenvalue weighted by Gasteiger charge is 2.28. The van der Waals surface area contributed by atoms with Gasteiger partial charge in [-0.05, 0) is 46.7 Å². The summed E-state index contributed by atoms with van der Waals surface area (Å²) in [6.45, 7) is 0. The Morgan fingerprint density at radius 3 is 1.69 bits per heavy atom. The lowest BCUT2D eigenvalue weighted by Gasteiger charge is -2.21. The van der Waals surface area contributed by atoms with Crippen LogP contribution in [-0.4, -0.2) is 73.5 Å². The highest BCUT2D eigenvalue weighted by molar-refractivity contribution is 6.17. The summed E-state index contributed by atoms with van der Waals surface area (Å²) in [6, 6.07) is 8.58. The second-order valence-electron chi connectivity index (χ2n) is 7.71. The summed E-state index contributed by atoms with van der Waals surface area (Å²) in [6.07, 6.45) is 0. The van der Waals surface area contributed by atoms with E-state index in [-0.39, 0.29) is 17.0 Å². The topological polar surface area (TPSA) is 92.8 Å². The Bertz CT molecular complexity index is 1260. The molecule has 0 aliphatic heterocycles. The number of nitrogens with zero attached hydrogens (tertiary/aromatic N) is 1. The summed E-state index contributed by atoms with van der Waals surface area (Å²) in [5.74, 6) is 1.06. The largest absolute Gasteiger partial charge is 0.493 e. The number of methoxy groups -OCH3 is 6. The number of rotatable bonds is 8. The molecule has 0 unspecified atom stereocenters. The molecule has 3 aromatic rings. The van der Waals surface area contributed by atoms with Crippen LogP contribution in [0, 0.1) is 0 Å². The van der Waals surface area contributed by atoms with Crippen LogP contribution in [0.5, 0.6) is 28.7 Å². The van der Waals surface area contributed by atoms with Gasteiger partial charge in [0.2, 0.25) is 5.75 Å². The minimum Gasteiger partial charge on any atom is -0.493 e. The van der Waals surface area contributed by atoms with Crippen LogP contribution in [0.15, 0.2) is 30.3 Å². The van der Waals surface area contributed by atoms with Gasteiger partial charge in [0.25, 0.3) is 5.91 Å². The highest BCUT2D eigenvalue weighted by atomic mass is 16.5. The van der Waals surface area contributed by atoms with Crippen LogP contribution in [-0.2, 0) is 4.74 Å². The molecule has 0 aliphatic carbocycles. The molecular weight excluding hydrogens is 454 g/mol. The fourth-order valence-electron chi connectivity index (χ4n) is 3.98. The molecule has 0 saturated carbocycles. The van der Waals surface area contributed by atoms with Crippen molar-refractivity contribution in [2.75, 3.05) is 56.8 Å². The van der Waals surface area contributed by atoms with Crippen molar-refractivity contribution in [2.45, 2.75) is 0 Å². The molecule has 0 fully saturated rings. The highest BCUT2D eigenvalue weighted by Crippen LogP contribution is 2.46. The molecule has 35 heavy (non-hydrogen) atoms. The average Bonchev–Trinajstić information content (AvgIpc) is 2.88. The minimum absolute atomic E-state index is 0.0974. The van der Waals surface area contributed by atoms with E-state index in [1.54, 1.807) is 44.4 Å². The Hall–Kier alpha value is -4.14. The van der Waals surface area contributed by atoms with E-state index in [1.807, 2.05) is 0 Å². The van der Waals surface area contributed by atoms with Gasteiger partial charge in [-0.25, -0.2) is 4.79 Å². The SMILES string of the molecule is COC(=O)c1c(C(=O)N(C)C)cc2cc(OC)c(OC)cc2c1-c1cc(OC)c(OC)c(OC)c1. The van der Waals surface area contributed by atoms with E-state index in [0.717, 1.165) is 0 Å². The normalized spacial score (nSPS) is 10.5. The van der Waals surface area contributed by atoms with Gasteiger partial charge in [-0.1, -0.05) is 0 Å². The van der Waals surface area contributed by atoms with E-state index < -0.39 is 5.97 Å². The lowest BCUT2D eigenvalue weighted by Crippen LogP contribution is -2.25. The fraction of sp³-hybridized carbons (Fsp3) is 0.308. The number of amides is 1. The fourth-order valence-corrected chi connectivity index (χ4v) is 3.98. The molecule has 3 rings (SSSR count). The molecule has 0 heterocycles. The Morgan fingerprint density at radius 2 is 1.23 bits per heavy atom. The maximum Gasteiger partial charge on any atom is 0.339 e. The molecule has 0 aromatic heterocycles. The lowest BCUT2D eigenvalue weighted by atomic mass is 9.88. The van der Waals surface area contributed by atoms with Crippen molar-refractivity contribution in [3.63, 3.8) is 0 Å². The number of fused-ring (bicyclic) bond motifs is 1. The van der Waals surface area contributed by atoms with Crippen molar-refractivity contribution in [1.29, 1.82) is 0 Å². The van der Waals surface area contributed by atoms with Crippen LogP contribution >= 0.6 is 0 Å². The van der Waals surface area contributed by atoms with E-state index in [2.05, 4.69) is 0 Å². The number of carbonyl (C=O) groups excluding carboxylic acids is 2. The Morgan fingerprint density at radius 1 is 0.686 bits per heavy atom. The molecular formula is C26H29NO8. The summed E-state index contributed by atoms with van der Waals surface area (Å²) in [4.78, 5) is 27.8. The van der Waals surface area contributed by atoms with Gasteiger partial charge in [0.15, 0.2) is 23.0 Å². The zero-order chi connectivity index (χ0) is 25.9. The molecule has 0 N–H and O–H groups in total. The van der Waals surface area contributed by atoms with Gasteiger partial charge in [0.1, 0.15) is 0 Å². The third-order valence-corrected chi connectivity index (χ3v) is 5.62. The first-order valence-corrected chi connectivity index (χ1v) is 10.6. The summed E-state index contributed by atoms with van der Waals surface area (Å²) in [5, 5.41) is 1.29. The number of benzene rings is 3. The average molecular weight is 484 g/mol. The molecule has 1 amide bonds. The summed E-state index contributed by atoms with van der Waals surface area (Å²) in [7, 11) is 12.0. The Balaban J connectivity index is 2.61. The van der Waals surface area contributed by atoms with Crippen LogP contribution in [0.1, 0.15) is 20.7 Å². The number of esters is 1. The van der Waals surface area contributed by atoms with Crippen LogP contribution in [0.4, 0.5) is 0 Å². The number of hydrogen-bond acceptors (Lipinski definition) is 8. The Labute approximate surface area is 204 Å². The molecule has 186 valence electrons. The van der Waals surface area contributed by atoms with Crippen molar-refractivity contribution in [2.24, 2.45) is 0 Å². The predicted octanol–water partition coefficient (Wildman–Crippen LogP) is 4.04. The van der Waals surface area contributed by atoms with Crippen molar-refractivity contribution >= 4 is 22.6 Å². The molecule has 0 aliphatic rings. The first-order valence-electron chi connectivity index (χ1n) is 10.6. The van der Waals surface area contributed by atoms with E-state index in [9.17, 15) is 9.59 Å². The minimum atomic E-state index is -0.671. The van der Waals surface area contributed by atoms with E-state index in [1.165, 1.54) is 47.6 Å². The zero-order valence-corrected chi connectivity index (χ0v) is 21.1.